The van der Waals surface area contributed by atoms with E-state index in [-0.39, 0.29) is 0 Å². The summed E-state index contributed by atoms with van der Waals surface area (Å²) in [6.45, 7) is 17.8. The van der Waals surface area contributed by atoms with Gasteiger partial charge in [0.05, 0.1) is 0 Å². The molecule has 0 atom stereocenters. The van der Waals surface area contributed by atoms with Gasteiger partial charge in [0.2, 0.25) is 0 Å². The highest BCUT2D eigenvalue weighted by molar-refractivity contribution is 5.50. The van der Waals surface area contributed by atoms with Gasteiger partial charge in [-0.25, -0.2) is 9.97 Å². The predicted octanol–water partition coefficient (Wildman–Crippen LogP) is 1.54. The lowest BCUT2D eigenvalue weighted by molar-refractivity contribution is 0.208. The second kappa shape index (κ2) is 7.66. The molecule has 2 aliphatic rings. The summed E-state index contributed by atoms with van der Waals surface area (Å²) in [6.07, 6.45) is 1.73. The Morgan fingerprint density at radius 3 is 1.38 bits per heavy atom. The fourth-order valence-corrected chi connectivity index (χ4v) is 3.62. The van der Waals surface area contributed by atoms with Crippen LogP contribution in [0.2, 0.25) is 0 Å². The number of hydrogen-bond acceptors (Lipinski definition) is 6. The van der Waals surface area contributed by atoms with Gasteiger partial charge in [-0.05, 0) is 27.7 Å². The van der Waals surface area contributed by atoms with Crippen molar-refractivity contribution < 1.29 is 0 Å². The van der Waals surface area contributed by atoms with Crippen LogP contribution < -0.4 is 9.80 Å². The Morgan fingerprint density at radius 1 is 0.667 bits per heavy atom. The maximum absolute atomic E-state index is 4.53. The second-order valence-corrected chi connectivity index (χ2v) is 7.47. The van der Waals surface area contributed by atoms with Gasteiger partial charge in [-0.2, -0.15) is 0 Å². The fourth-order valence-electron chi connectivity index (χ4n) is 3.62. The monoisotopic (exact) mass is 332 g/mol. The molecule has 0 amide bonds. The lowest BCUT2D eigenvalue weighted by Gasteiger charge is -2.39. The van der Waals surface area contributed by atoms with Crippen LogP contribution in [0.25, 0.3) is 0 Å². The molecule has 134 valence electrons. The molecule has 0 aromatic carbocycles. The van der Waals surface area contributed by atoms with E-state index in [1.807, 2.05) is 0 Å². The Bertz CT molecular complexity index is 473. The second-order valence-electron chi connectivity index (χ2n) is 7.47. The van der Waals surface area contributed by atoms with Crippen LogP contribution in [0.4, 0.5) is 11.6 Å². The minimum absolute atomic E-state index is 0.630. The van der Waals surface area contributed by atoms with Crippen LogP contribution in [0, 0.1) is 0 Å². The molecule has 0 radical (unpaired) electrons. The number of rotatable bonds is 4. The van der Waals surface area contributed by atoms with Crippen LogP contribution in [0.15, 0.2) is 12.4 Å². The smallest absolute Gasteiger partial charge is 0.134 e. The highest BCUT2D eigenvalue weighted by Crippen LogP contribution is 2.21. The van der Waals surface area contributed by atoms with E-state index in [0.29, 0.717) is 12.1 Å². The van der Waals surface area contributed by atoms with Gasteiger partial charge in [-0.3, -0.25) is 9.80 Å². The molecular weight excluding hydrogens is 300 g/mol. The molecule has 0 spiro atoms. The number of aromatic nitrogens is 2. The van der Waals surface area contributed by atoms with Gasteiger partial charge in [0.1, 0.15) is 18.0 Å². The summed E-state index contributed by atoms with van der Waals surface area (Å²) in [7, 11) is 0. The van der Waals surface area contributed by atoms with Crippen LogP contribution in [0.3, 0.4) is 0 Å². The van der Waals surface area contributed by atoms with E-state index >= 15 is 0 Å². The van der Waals surface area contributed by atoms with Crippen molar-refractivity contribution in [2.24, 2.45) is 0 Å². The van der Waals surface area contributed by atoms with Gasteiger partial charge in [0.25, 0.3) is 0 Å². The van der Waals surface area contributed by atoms with E-state index in [0.717, 1.165) is 64.0 Å². The molecule has 24 heavy (non-hydrogen) atoms. The zero-order valence-corrected chi connectivity index (χ0v) is 15.6. The Kier molecular flexibility index (Phi) is 5.56. The Morgan fingerprint density at radius 2 is 1.04 bits per heavy atom. The quantitative estimate of drug-likeness (QED) is 0.833. The zero-order valence-electron chi connectivity index (χ0n) is 15.6. The van der Waals surface area contributed by atoms with Crippen LogP contribution >= 0.6 is 0 Å². The van der Waals surface area contributed by atoms with E-state index in [1.54, 1.807) is 6.33 Å². The summed E-state index contributed by atoms with van der Waals surface area (Å²) in [4.78, 5) is 18.9. The lowest BCUT2D eigenvalue weighted by Crippen LogP contribution is -2.50. The first-order valence-corrected chi connectivity index (χ1v) is 9.34. The van der Waals surface area contributed by atoms with Gasteiger partial charge < -0.3 is 9.80 Å². The first-order chi connectivity index (χ1) is 11.5. The van der Waals surface area contributed by atoms with Crippen LogP contribution in [0.1, 0.15) is 27.7 Å². The molecule has 0 unspecified atom stereocenters. The third-order valence-electron chi connectivity index (χ3n) is 5.38. The van der Waals surface area contributed by atoms with Gasteiger partial charge in [-0.1, -0.05) is 0 Å². The van der Waals surface area contributed by atoms with Crippen molar-refractivity contribution in [3.05, 3.63) is 12.4 Å². The van der Waals surface area contributed by atoms with Crippen molar-refractivity contribution in [1.29, 1.82) is 0 Å². The number of piperazine rings is 2. The first kappa shape index (κ1) is 17.4. The van der Waals surface area contributed by atoms with Gasteiger partial charge in [0, 0.05) is 70.5 Å². The highest BCUT2D eigenvalue weighted by atomic mass is 15.3. The summed E-state index contributed by atoms with van der Waals surface area (Å²) in [5, 5.41) is 0. The molecule has 3 rings (SSSR count). The Balaban J connectivity index is 1.61. The molecule has 6 nitrogen and oxygen atoms in total. The standard InChI is InChI=1S/C18H32N6/c1-15(2)21-5-9-23(10-6-21)17-13-18(20-14-19-17)24-11-7-22(8-12-24)16(3)4/h13-16H,5-12H2,1-4H3. The minimum Gasteiger partial charge on any atom is -0.354 e. The molecule has 1 aromatic heterocycles. The maximum Gasteiger partial charge on any atom is 0.134 e. The predicted molar refractivity (Wildman–Crippen MR) is 99.9 cm³/mol. The average Bonchev–Trinajstić information content (AvgIpc) is 2.62. The summed E-state index contributed by atoms with van der Waals surface area (Å²) in [6, 6.07) is 3.44. The molecule has 3 heterocycles. The van der Waals surface area contributed by atoms with Crippen molar-refractivity contribution in [1.82, 2.24) is 19.8 Å². The molecule has 2 aliphatic heterocycles. The van der Waals surface area contributed by atoms with Crippen molar-refractivity contribution in [2.75, 3.05) is 62.2 Å². The van der Waals surface area contributed by atoms with Crippen molar-refractivity contribution >= 4 is 11.6 Å². The van der Waals surface area contributed by atoms with E-state index < -0.39 is 0 Å². The first-order valence-electron chi connectivity index (χ1n) is 9.34. The third-order valence-corrected chi connectivity index (χ3v) is 5.38. The molecule has 1 aromatic rings. The number of anilines is 2. The SMILES string of the molecule is CC(C)N1CCN(c2cc(N3CCN(C(C)C)CC3)ncn2)CC1. The molecule has 0 aliphatic carbocycles. The van der Waals surface area contributed by atoms with Gasteiger partial charge >= 0.3 is 0 Å². The summed E-state index contributed by atoms with van der Waals surface area (Å²) < 4.78 is 0. The molecule has 2 saturated heterocycles. The summed E-state index contributed by atoms with van der Waals surface area (Å²) in [5.41, 5.74) is 0. The van der Waals surface area contributed by atoms with Crippen molar-refractivity contribution in [2.45, 2.75) is 39.8 Å². The highest BCUT2D eigenvalue weighted by Gasteiger charge is 2.22. The summed E-state index contributed by atoms with van der Waals surface area (Å²) in [5.74, 6) is 2.16. The van der Waals surface area contributed by atoms with Gasteiger partial charge in [0.15, 0.2) is 0 Å². The van der Waals surface area contributed by atoms with E-state index in [2.05, 4.69) is 63.3 Å². The molecule has 0 N–H and O–H groups in total. The van der Waals surface area contributed by atoms with Crippen molar-refractivity contribution in [3.63, 3.8) is 0 Å². The zero-order chi connectivity index (χ0) is 17.1. The molecule has 0 bridgehead atoms. The largest absolute Gasteiger partial charge is 0.354 e. The van der Waals surface area contributed by atoms with Crippen LogP contribution in [0.5, 0.6) is 0 Å². The van der Waals surface area contributed by atoms with Gasteiger partial charge in [-0.15, -0.1) is 0 Å². The molecule has 6 heteroatoms. The third kappa shape index (κ3) is 3.98. The van der Waals surface area contributed by atoms with Crippen LogP contribution in [-0.4, -0.2) is 84.2 Å². The fraction of sp³-hybridized carbons (Fsp3) is 0.778. The minimum atomic E-state index is 0.630. The number of nitrogens with zero attached hydrogens (tertiary/aromatic N) is 6. The van der Waals surface area contributed by atoms with E-state index in [9.17, 15) is 0 Å². The van der Waals surface area contributed by atoms with E-state index in [4.69, 9.17) is 0 Å². The lowest BCUT2D eigenvalue weighted by atomic mass is 10.2. The maximum atomic E-state index is 4.53. The molecule has 0 saturated carbocycles. The summed E-state index contributed by atoms with van der Waals surface area (Å²) >= 11 is 0. The Hall–Kier alpha value is -1.40. The van der Waals surface area contributed by atoms with Crippen LogP contribution in [-0.2, 0) is 0 Å². The number of hydrogen-bond donors (Lipinski definition) is 0. The van der Waals surface area contributed by atoms with E-state index in [1.165, 1.54) is 0 Å². The average molecular weight is 332 g/mol. The van der Waals surface area contributed by atoms with Crippen molar-refractivity contribution in [3.8, 4) is 0 Å². The topological polar surface area (TPSA) is 38.7 Å². The normalized spacial score (nSPS) is 21.1. The molecular formula is C18H32N6. The molecule has 2 fully saturated rings. The Labute approximate surface area is 146 Å².